The highest BCUT2D eigenvalue weighted by Crippen LogP contribution is 2.47. The van der Waals surface area contributed by atoms with E-state index in [-0.39, 0.29) is 0 Å². The van der Waals surface area contributed by atoms with Gasteiger partial charge >= 0.3 is 0 Å². The van der Waals surface area contributed by atoms with Gasteiger partial charge in [0.15, 0.2) is 5.58 Å². The van der Waals surface area contributed by atoms with Crippen molar-refractivity contribution in [1.82, 2.24) is 4.98 Å². The summed E-state index contributed by atoms with van der Waals surface area (Å²) in [6, 6.07) is 58.6. The monoisotopic (exact) mass is 668 g/mol. The Morgan fingerprint density at radius 2 is 1.06 bits per heavy atom. The third kappa shape index (κ3) is 4.39. The van der Waals surface area contributed by atoms with Crippen molar-refractivity contribution in [1.29, 1.82) is 0 Å². The molecule has 3 heterocycles. The molecule has 0 aliphatic heterocycles. The molecule has 0 unspecified atom stereocenters. The highest BCUT2D eigenvalue weighted by atomic mass is 16.4. The molecule has 0 radical (unpaired) electrons. The first kappa shape index (κ1) is 28.7. The molecule has 0 atom stereocenters. The number of oxazole rings is 1. The van der Waals surface area contributed by atoms with Crippen LogP contribution in [0, 0.1) is 0 Å². The van der Waals surface area contributed by atoms with E-state index in [0.29, 0.717) is 5.89 Å². The summed E-state index contributed by atoms with van der Waals surface area (Å²) in [5, 5.41) is 6.33. The van der Waals surface area contributed by atoms with Crippen LogP contribution >= 0.6 is 0 Å². The van der Waals surface area contributed by atoms with E-state index in [4.69, 9.17) is 18.2 Å². The third-order valence-corrected chi connectivity index (χ3v) is 10.1. The molecule has 0 spiro atoms. The van der Waals surface area contributed by atoms with Crippen LogP contribution in [0.3, 0.4) is 0 Å². The Balaban J connectivity index is 1.20. The summed E-state index contributed by atoms with van der Waals surface area (Å²) in [4.78, 5) is 7.21. The molecule has 52 heavy (non-hydrogen) atoms. The highest BCUT2D eigenvalue weighted by molar-refractivity contribution is 6.25. The van der Waals surface area contributed by atoms with Crippen molar-refractivity contribution >= 4 is 82.8 Å². The summed E-state index contributed by atoms with van der Waals surface area (Å²) in [6.07, 6.45) is 0. The second-order valence-electron chi connectivity index (χ2n) is 13.1. The average Bonchev–Trinajstić information content (AvgIpc) is 3.92. The van der Waals surface area contributed by atoms with Gasteiger partial charge in [0.2, 0.25) is 5.89 Å². The zero-order valence-corrected chi connectivity index (χ0v) is 27.8. The number of hydrogen-bond acceptors (Lipinski definition) is 5. The van der Waals surface area contributed by atoms with Gasteiger partial charge in [0.05, 0.1) is 5.69 Å². The second kappa shape index (κ2) is 11.2. The summed E-state index contributed by atoms with van der Waals surface area (Å²) in [7, 11) is 0. The van der Waals surface area contributed by atoms with Gasteiger partial charge in [0.1, 0.15) is 27.8 Å². The van der Waals surface area contributed by atoms with Crippen molar-refractivity contribution in [3.05, 3.63) is 170 Å². The second-order valence-corrected chi connectivity index (χ2v) is 13.1. The maximum Gasteiger partial charge on any atom is 0.228 e. The molecule has 0 saturated carbocycles. The summed E-state index contributed by atoms with van der Waals surface area (Å²) < 4.78 is 19.3. The van der Waals surface area contributed by atoms with Crippen molar-refractivity contribution in [2.24, 2.45) is 0 Å². The van der Waals surface area contributed by atoms with E-state index in [1.165, 1.54) is 0 Å². The number of rotatable bonds is 5. The van der Waals surface area contributed by atoms with Crippen molar-refractivity contribution in [2.75, 3.05) is 4.90 Å². The largest absolute Gasteiger partial charge is 0.456 e. The lowest BCUT2D eigenvalue weighted by Crippen LogP contribution is -2.10. The number of anilines is 3. The number of furan rings is 2. The van der Waals surface area contributed by atoms with Crippen molar-refractivity contribution < 1.29 is 13.3 Å². The van der Waals surface area contributed by atoms with Crippen LogP contribution in [0.5, 0.6) is 0 Å². The standard InChI is InChI=1S/C47H28N2O3/c1-2-12-29(13-3-1)30-14-10-15-31(26-30)49(32-24-25-41-37(27-32)34-17-6-8-21-40(34)50-41)39-28-44-45(35-18-5-4-16-33(35)39)46-36(19-11-23-43(46)51-44)47-48-38-20-7-9-22-42(38)52-47/h1-28H. The van der Waals surface area contributed by atoms with E-state index in [9.17, 15) is 0 Å². The van der Waals surface area contributed by atoms with Crippen LogP contribution in [0.15, 0.2) is 183 Å². The molecule has 5 nitrogen and oxygen atoms in total. The Labute approximate surface area is 297 Å². The van der Waals surface area contributed by atoms with Gasteiger partial charge in [-0.25, -0.2) is 4.98 Å². The SMILES string of the molecule is c1ccc(-c2cccc(N(c3ccc4oc5ccccc5c4c3)c3cc4oc5cccc(-c6nc7ccccc7o6)c5c4c4ccccc34)c2)cc1. The lowest BCUT2D eigenvalue weighted by atomic mass is 9.98. The molecule has 0 amide bonds. The molecule has 3 aromatic heterocycles. The number of hydrogen-bond donors (Lipinski definition) is 0. The molecule has 11 aromatic rings. The zero-order chi connectivity index (χ0) is 34.2. The maximum atomic E-state index is 6.76. The Morgan fingerprint density at radius 3 is 1.94 bits per heavy atom. The minimum absolute atomic E-state index is 0.572. The summed E-state index contributed by atoms with van der Waals surface area (Å²) >= 11 is 0. The number of para-hydroxylation sites is 3. The fraction of sp³-hybridized carbons (Fsp3) is 0. The van der Waals surface area contributed by atoms with Gasteiger partial charge in [0, 0.05) is 49.9 Å². The van der Waals surface area contributed by atoms with E-state index >= 15 is 0 Å². The minimum atomic E-state index is 0.572. The fourth-order valence-corrected chi connectivity index (χ4v) is 7.75. The average molecular weight is 669 g/mol. The number of fused-ring (bicyclic) bond motifs is 9. The summed E-state index contributed by atoms with van der Waals surface area (Å²) in [5.74, 6) is 0.572. The van der Waals surface area contributed by atoms with Gasteiger partial charge < -0.3 is 18.2 Å². The topological polar surface area (TPSA) is 55.6 Å². The third-order valence-electron chi connectivity index (χ3n) is 10.1. The molecule has 244 valence electrons. The first-order chi connectivity index (χ1) is 25.8. The van der Waals surface area contributed by atoms with Crippen LogP contribution in [0.25, 0.3) is 88.3 Å². The van der Waals surface area contributed by atoms with Gasteiger partial charge in [-0.05, 0) is 77.2 Å². The number of nitrogens with zero attached hydrogens (tertiary/aromatic N) is 2. The molecule has 0 saturated heterocycles. The molecule has 0 aliphatic rings. The molecule has 0 N–H and O–H groups in total. The fourth-order valence-electron chi connectivity index (χ4n) is 7.75. The first-order valence-electron chi connectivity index (χ1n) is 17.4. The predicted molar refractivity (Wildman–Crippen MR) is 212 cm³/mol. The molecule has 5 heteroatoms. The van der Waals surface area contributed by atoms with Crippen LogP contribution in [0.4, 0.5) is 17.1 Å². The van der Waals surface area contributed by atoms with E-state index < -0.39 is 0 Å². The van der Waals surface area contributed by atoms with E-state index in [1.54, 1.807) is 0 Å². The Bertz CT molecular complexity index is 3120. The van der Waals surface area contributed by atoms with Gasteiger partial charge in [0.25, 0.3) is 0 Å². The molecule has 0 bridgehead atoms. The van der Waals surface area contributed by atoms with Crippen LogP contribution < -0.4 is 4.90 Å². The maximum absolute atomic E-state index is 6.76. The quantitative estimate of drug-likeness (QED) is 0.183. The highest BCUT2D eigenvalue weighted by Gasteiger charge is 2.24. The Kier molecular flexibility index (Phi) is 6.18. The smallest absolute Gasteiger partial charge is 0.228 e. The summed E-state index contributed by atoms with van der Waals surface area (Å²) in [6.45, 7) is 0. The molecular weight excluding hydrogens is 641 g/mol. The Hall–Kier alpha value is -7.11. The minimum Gasteiger partial charge on any atom is -0.456 e. The normalized spacial score (nSPS) is 11.8. The van der Waals surface area contributed by atoms with E-state index in [0.717, 1.165) is 99.5 Å². The lowest BCUT2D eigenvalue weighted by molar-refractivity contribution is 0.620. The van der Waals surface area contributed by atoms with Crippen LogP contribution in [0.1, 0.15) is 0 Å². The molecular formula is C47H28N2O3. The van der Waals surface area contributed by atoms with Crippen molar-refractivity contribution in [2.45, 2.75) is 0 Å². The number of benzene rings is 8. The zero-order valence-electron chi connectivity index (χ0n) is 27.8. The van der Waals surface area contributed by atoms with Crippen molar-refractivity contribution in [3.63, 3.8) is 0 Å². The molecule has 8 aromatic carbocycles. The van der Waals surface area contributed by atoms with Crippen LogP contribution in [-0.4, -0.2) is 4.98 Å². The predicted octanol–water partition coefficient (Wildman–Crippen LogP) is 13.6. The first-order valence-corrected chi connectivity index (χ1v) is 17.4. The van der Waals surface area contributed by atoms with Crippen LogP contribution in [-0.2, 0) is 0 Å². The molecule has 11 rings (SSSR count). The van der Waals surface area contributed by atoms with Gasteiger partial charge in [-0.2, -0.15) is 0 Å². The Morgan fingerprint density at radius 1 is 0.385 bits per heavy atom. The van der Waals surface area contributed by atoms with Crippen molar-refractivity contribution in [3.8, 4) is 22.6 Å². The molecule has 0 fully saturated rings. The van der Waals surface area contributed by atoms with E-state index in [2.05, 4.69) is 126 Å². The number of aromatic nitrogens is 1. The van der Waals surface area contributed by atoms with E-state index in [1.807, 2.05) is 48.5 Å². The van der Waals surface area contributed by atoms with Gasteiger partial charge in [-0.15, -0.1) is 0 Å². The van der Waals surface area contributed by atoms with Crippen LogP contribution in [0.2, 0.25) is 0 Å². The van der Waals surface area contributed by atoms with Gasteiger partial charge in [-0.3, -0.25) is 0 Å². The lowest BCUT2D eigenvalue weighted by Gasteiger charge is -2.27. The van der Waals surface area contributed by atoms with Gasteiger partial charge in [-0.1, -0.05) is 103 Å². The summed E-state index contributed by atoms with van der Waals surface area (Å²) in [5.41, 5.74) is 11.1. The molecule has 0 aliphatic carbocycles.